The number of imide groups is 1. The lowest BCUT2D eigenvalue weighted by molar-refractivity contribution is 0.140. The highest BCUT2D eigenvalue weighted by atomic mass is 16.6. The molecule has 6 nitrogen and oxygen atoms in total. The smallest absolute Gasteiger partial charge is 0.425 e. The summed E-state index contributed by atoms with van der Waals surface area (Å²) in [5.74, 6) is 0.586. The third kappa shape index (κ3) is 3.64. The van der Waals surface area contributed by atoms with Gasteiger partial charge in [-0.15, -0.1) is 0 Å². The highest BCUT2D eigenvalue weighted by Crippen LogP contribution is 2.34. The van der Waals surface area contributed by atoms with E-state index in [4.69, 9.17) is 9.47 Å². The Morgan fingerprint density at radius 3 is 2.15 bits per heavy atom. The molecule has 0 bridgehead atoms. The van der Waals surface area contributed by atoms with Gasteiger partial charge in [0.15, 0.2) is 5.82 Å². The van der Waals surface area contributed by atoms with Crippen molar-refractivity contribution in [3.8, 4) is 0 Å². The summed E-state index contributed by atoms with van der Waals surface area (Å²) in [6, 6.07) is 3.86. The second-order valence-electron chi connectivity index (χ2n) is 6.35. The van der Waals surface area contributed by atoms with E-state index >= 15 is 0 Å². The van der Waals surface area contributed by atoms with Crippen molar-refractivity contribution in [1.82, 2.24) is 4.98 Å². The normalized spacial score (nSPS) is 10.9. The molecule has 0 atom stereocenters. The molecule has 26 heavy (non-hydrogen) atoms. The summed E-state index contributed by atoms with van der Waals surface area (Å²) in [4.78, 5) is 30.0. The molecule has 2 aromatic rings. The number of aryl methyl sites for hydroxylation is 2. The molecule has 0 aliphatic rings. The molecule has 0 saturated carbocycles. The maximum atomic E-state index is 12.4. The highest BCUT2D eigenvalue weighted by molar-refractivity contribution is 6.14. The number of pyridine rings is 1. The molecule has 0 aliphatic carbocycles. The predicted octanol–water partition coefficient (Wildman–Crippen LogP) is 5.09. The van der Waals surface area contributed by atoms with E-state index in [9.17, 15) is 9.59 Å². The van der Waals surface area contributed by atoms with Gasteiger partial charge in [-0.05, 0) is 67.8 Å². The van der Waals surface area contributed by atoms with E-state index in [0.717, 1.165) is 21.4 Å². The Hall–Kier alpha value is -2.63. The molecule has 0 radical (unpaired) electrons. The zero-order valence-electron chi connectivity index (χ0n) is 16.3. The van der Waals surface area contributed by atoms with Crippen LogP contribution >= 0.6 is 0 Å². The van der Waals surface area contributed by atoms with Crippen LogP contribution in [0.3, 0.4) is 0 Å². The Bertz CT molecular complexity index is 812. The Labute approximate surface area is 154 Å². The van der Waals surface area contributed by atoms with Crippen LogP contribution < -0.4 is 4.90 Å². The number of carbonyl (C=O) groups is 2. The average molecular weight is 358 g/mol. The van der Waals surface area contributed by atoms with Gasteiger partial charge in [-0.1, -0.05) is 13.8 Å². The Kier molecular flexibility index (Phi) is 6.18. The first-order valence-electron chi connectivity index (χ1n) is 8.85. The van der Waals surface area contributed by atoms with Crippen LogP contribution in [0, 0.1) is 13.8 Å². The fourth-order valence-corrected chi connectivity index (χ4v) is 3.36. The van der Waals surface area contributed by atoms with Gasteiger partial charge < -0.3 is 9.47 Å². The topological polar surface area (TPSA) is 68.7 Å². The van der Waals surface area contributed by atoms with Gasteiger partial charge in [0.2, 0.25) is 0 Å². The van der Waals surface area contributed by atoms with E-state index < -0.39 is 12.2 Å². The molecule has 2 rings (SSSR count). The van der Waals surface area contributed by atoms with Crippen LogP contribution in [-0.4, -0.2) is 30.4 Å². The van der Waals surface area contributed by atoms with E-state index in [1.807, 2.05) is 26.0 Å². The van der Waals surface area contributed by atoms with Crippen molar-refractivity contribution in [2.24, 2.45) is 0 Å². The largest absolute Gasteiger partial charge is 0.449 e. The Morgan fingerprint density at radius 1 is 1.08 bits per heavy atom. The summed E-state index contributed by atoms with van der Waals surface area (Å²) in [7, 11) is 0. The van der Waals surface area contributed by atoms with Gasteiger partial charge in [0.05, 0.1) is 13.2 Å². The van der Waals surface area contributed by atoms with Crippen molar-refractivity contribution in [2.75, 3.05) is 18.1 Å². The zero-order valence-corrected chi connectivity index (χ0v) is 16.3. The molecule has 0 fully saturated rings. The number of aromatic nitrogens is 1. The summed E-state index contributed by atoms with van der Waals surface area (Å²) < 4.78 is 10.1. The van der Waals surface area contributed by atoms with Gasteiger partial charge in [-0.25, -0.2) is 14.6 Å². The lowest BCUT2D eigenvalue weighted by Crippen LogP contribution is -2.38. The number of ether oxygens (including phenoxy) is 2. The summed E-state index contributed by atoms with van der Waals surface area (Å²) in [5, 5.41) is 1.66. The molecule has 0 N–H and O–H groups in total. The molecule has 6 heteroatoms. The number of anilines is 1. The number of amides is 2. The summed E-state index contributed by atoms with van der Waals surface area (Å²) >= 11 is 0. The third-order valence-electron chi connectivity index (χ3n) is 4.25. The van der Waals surface area contributed by atoms with Crippen LogP contribution in [0.1, 0.15) is 50.3 Å². The number of hydrogen-bond donors (Lipinski definition) is 0. The number of carbonyl (C=O) groups excluding carboxylic acids is 2. The van der Waals surface area contributed by atoms with Gasteiger partial charge in [0, 0.05) is 11.6 Å². The maximum Gasteiger partial charge on any atom is 0.425 e. The van der Waals surface area contributed by atoms with Crippen molar-refractivity contribution in [3.63, 3.8) is 0 Å². The van der Waals surface area contributed by atoms with E-state index in [2.05, 4.69) is 18.8 Å². The molecule has 140 valence electrons. The Balaban J connectivity index is 2.73. The minimum absolute atomic E-state index is 0.148. The molecular formula is C20H26N2O4. The van der Waals surface area contributed by atoms with Crippen LogP contribution in [-0.2, 0) is 9.47 Å². The lowest BCUT2D eigenvalue weighted by Gasteiger charge is -2.22. The van der Waals surface area contributed by atoms with Crippen LogP contribution in [0.25, 0.3) is 10.8 Å². The number of fused-ring (bicyclic) bond motifs is 1. The molecule has 1 heterocycles. The standard InChI is InChI=1S/C20H26N2O4/c1-7-25-19(23)22(20(24)26-8-2)18-16-11-13(5)17(12(3)4)14(6)15(16)9-10-21-18/h9-12H,7-8H2,1-6H3. The van der Waals surface area contributed by atoms with Crippen molar-refractivity contribution in [2.45, 2.75) is 47.5 Å². The third-order valence-corrected chi connectivity index (χ3v) is 4.25. The fourth-order valence-electron chi connectivity index (χ4n) is 3.36. The van der Waals surface area contributed by atoms with Crippen LogP contribution in [0.2, 0.25) is 0 Å². The summed E-state index contributed by atoms with van der Waals surface area (Å²) in [6.07, 6.45) is -0.00127. The second kappa shape index (κ2) is 8.17. The number of benzene rings is 1. The second-order valence-corrected chi connectivity index (χ2v) is 6.35. The van der Waals surface area contributed by atoms with Crippen molar-refractivity contribution < 1.29 is 19.1 Å². The van der Waals surface area contributed by atoms with Gasteiger partial charge >= 0.3 is 12.2 Å². The molecular weight excluding hydrogens is 332 g/mol. The van der Waals surface area contributed by atoms with Crippen LogP contribution in [0.4, 0.5) is 15.4 Å². The number of hydrogen-bond acceptors (Lipinski definition) is 5. The van der Waals surface area contributed by atoms with E-state index in [1.165, 1.54) is 5.56 Å². The highest BCUT2D eigenvalue weighted by Gasteiger charge is 2.29. The molecule has 2 amide bonds. The van der Waals surface area contributed by atoms with Gasteiger partial charge in [-0.3, -0.25) is 0 Å². The quantitative estimate of drug-likeness (QED) is 0.761. The lowest BCUT2D eigenvalue weighted by atomic mass is 9.89. The predicted molar refractivity (Wildman–Crippen MR) is 102 cm³/mol. The van der Waals surface area contributed by atoms with Gasteiger partial charge in [-0.2, -0.15) is 4.90 Å². The maximum absolute atomic E-state index is 12.4. The van der Waals surface area contributed by atoms with Crippen LogP contribution in [0.15, 0.2) is 18.3 Å². The van der Waals surface area contributed by atoms with Crippen molar-refractivity contribution in [1.29, 1.82) is 0 Å². The van der Waals surface area contributed by atoms with Gasteiger partial charge in [0.25, 0.3) is 0 Å². The molecule has 0 unspecified atom stereocenters. The monoisotopic (exact) mass is 358 g/mol. The summed E-state index contributed by atoms with van der Waals surface area (Å²) in [5.41, 5.74) is 3.46. The first-order chi connectivity index (χ1) is 12.3. The van der Waals surface area contributed by atoms with E-state index in [1.54, 1.807) is 20.0 Å². The molecule has 0 spiro atoms. The van der Waals surface area contributed by atoms with Crippen LogP contribution in [0.5, 0.6) is 0 Å². The first-order valence-corrected chi connectivity index (χ1v) is 8.85. The summed E-state index contributed by atoms with van der Waals surface area (Å²) in [6.45, 7) is 12.0. The SMILES string of the molecule is CCOC(=O)N(C(=O)OCC)c1nccc2c(C)c(C(C)C)c(C)cc12. The Morgan fingerprint density at radius 2 is 1.65 bits per heavy atom. The average Bonchev–Trinajstić information content (AvgIpc) is 2.56. The van der Waals surface area contributed by atoms with Crippen molar-refractivity contribution in [3.05, 3.63) is 35.0 Å². The fraction of sp³-hybridized carbons (Fsp3) is 0.450. The van der Waals surface area contributed by atoms with Crippen molar-refractivity contribution >= 4 is 28.8 Å². The molecule has 0 aliphatic heterocycles. The minimum atomic E-state index is -0.797. The number of rotatable bonds is 4. The minimum Gasteiger partial charge on any atom is -0.449 e. The van der Waals surface area contributed by atoms with E-state index in [0.29, 0.717) is 11.3 Å². The first kappa shape index (κ1) is 19.7. The van der Waals surface area contributed by atoms with E-state index in [-0.39, 0.29) is 19.0 Å². The molecule has 1 aromatic carbocycles. The molecule has 0 saturated heterocycles. The van der Waals surface area contributed by atoms with Gasteiger partial charge in [0.1, 0.15) is 0 Å². The molecule has 1 aromatic heterocycles. The zero-order chi connectivity index (χ0) is 19.4. The number of nitrogens with zero attached hydrogens (tertiary/aromatic N) is 2.